The molecule has 0 aliphatic heterocycles. The van der Waals surface area contributed by atoms with Crippen LogP contribution in [0.15, 0.2) is 12.7 Å². The molecular formula is C5H13NO2Si. The Bertz CT molecular complexity index is 95.0. The van der Waals surface area contributed by atoms with Gasteiger partial charge < -0.3 is 14.9 Å². The Balaban J connectivity index is 3.55. The Morgan fingerprint density at radius 3 is 2.56 bits per heavy atom. The van der Waals surface area contributed by atoms with E-state index in [2.05, 4.69) is 11.9 Å². The molecule has 0 aromatic rings. The van der Waals surface area contributed by atoms with Crippen LogP contribution in [0.3, 0.4) is 0 Å². The van der Waals surface area contributed by atoms with Gasteiger partial charge in [-0.1, -0.05) is 6.08 Å². The van der Waals surface area contributed by atoms with Crippen LogP contribution in [0.25, 0.3) is 0 Å². The van der Waals surface area contributed by atoms with Gasteiger partial charge in [0.15, 0.2) is 0 Å². The fraction of sp³-hybridized carbons (Fsp3) is 0.600. The molecule has 0 heterocycles. The van der Waals surface area contributed by atoms with Crippen molar-refractivity contribution in [1.29, 1.82) is 0 Å². The van der Waals surface area contributed by atoms with E-state index in [9.17, 15) is 0 Å². The summed E-state index contributed by atoms with van der Waals surface area (Å²) < 4.78 is 0. The highest BCUT2D eigenvalue weighted by Gasteiger charge is 2.25. The number of rotatable bonds is 4. The van der Waals surface area contributed by atoms with Gasteiger partial charge in [-0.05, 0) is 7.05 Å². The standard InChI is InChI=1S/C5H13NO2Si/c1-3-4-9(7,8)5-6-2/h3,6-8H,1,4-5H2,2H3. The first-order valence-corrected chi connectivity index (χ1v) is 5.13. The lowest BCUT2D eigenvalue weighted by Gasteiger charge is -2.13. The maximum Gasteiger partial charge on any atom is 0.350 e. The zero-order valence-corrected chi connectivity index (χ0v) is 6.59. The Morgan fingerprint density at radius 2 is 2.22 bits per heavy atom. The molecule has 0 radical (unpaired) electrons. The van der Waals surface area contributed by atoms with E-state index >= 15 is 0 Å². The van der Waals surface area contributed by atoms with E-state index in [0.717, 1.165) is 0 Å². The van der Waals surface area contributed by atoms with Crippen LogP contribution in [-0.2, 0) is 0 Å². The summed E-state index contributed by atoms with van der Waals surface area (Å²) in [7, 11) is -1.24. The lowest BCUT2D eigenvalue weighted by atomic mass is 10.8. The highest BCUT2D eigenvalue weighted by molar-refractivity contribution is 6.65. The first-order valence-electron chi connectivity index (χ1n) is 2.82. The molecule has 0 aromatic carbocycles. The highest BCUT2D eigenvalue weighted by atomic mass is 28.4. The molecule has 0 aliphatic rings. The molecule has 3 nitrogen and oxygen atoms in total. The van der Waals surface area contributed by atoms with Gasteiger partial charge in [0.2, 0.25) is 0 Å². The molecule has 3 N–H and O–H groups in total. The Labute approximate surface area is 56.3 Å². The van der Waals surface area contributed by atoms with Crippen molar-refractivity contribution < 1.29 is 9.59 Å². The van der Waals surface area contributed by atoms with Gasteiger partial charge in [-0.25, -0.2) is 0 Å². The molecule has 0 atom stereocenters. The van der Waals surface area contributed by atoms with E-state index < -0.39 is 8.56 Å². The van der Waals surface area contributed by atoms with Crippen molar-refractivity contribution in [2.75, 3.05) is 13.2 Å². The third-order valence-corrected chi connectivity index (χ3v) is 2.79. The Kier molecular flexibility index (Phi) is 3.72. The van der Waals surface area contributed by atoms with Crippen molar-refractivity contribution in [2.45, 2.75) is 6.04 Å². The molecule has 0 fully saturated rings. The number of nitrogens with one attached hydrogen (secondary N) is 1. The van der Waals surface area contributed by atoms with E-state index in [-0.39, 0.29) is 0 Å². The van der Waals surface area contributed by atoms with Gasteiger partial charge in [-0.15, -0.1) is 6.58 Å². The Morgan fingerprint density at radius 1 is 1.67 bits per heavy atom. The van der Waals surface area contributed by atoms with Gasteiger partial charge in [0, 0.05) is 12.2 Å². The van der Waals surface area contributed by atoms with E-state index in [1.54, 1.807) is 7.05 Å². The molecule has 54 valence electrons. The molecule has 0 aromatic heterocycles. The van der Waals surface area contributed by atoms with E-state index in [1.807, 2.05) is 0 Å². The van der Waals surface area contributed by atoms with E-state index in [0.29, 0.717) is 12.2 Å². The lowest BCUT2D eigenvalue weighted by molar-refractivity contribution is 0.360. The summed E-state index contributed by atoms with van der Waals surface area (Å²) in [6.45, 7) is 3.42. The van der Waals surface area contributed by atoms with Crippen LogP contribution < -0.4 is 5.32 Å². The molecule has 0 amide bonds. The van der Waals surface area contributed by atoms with Crippen LogP contribution >= 0.6 is 0 Å². The van der Waals surface area contributed by atoms with Gasteiger partial charge >= 0.3 is 8.56 Å². The predicted octanol–water partition coefficient (Wildman–Crippen LogP) is -0.642. The number of hydrogen-bond acceptors (Lipinski definition) is 3. The molecule has 9 heavy (non-hydrogen) atoms. The average molecular weight is 147 g/mol. The number of hydrogen-bond donors (Lipinski definition) is 3. The summed E-state index contributed by atoms with van der Waals surface area (Å²) in [6, 6.07) is 0.327. The fourth-order valence-corrected chi connectivity index (χ4v) is 1.76. The van der Waals surface area contributed by atoms with Crippen LogP contribution in [0, 0.1) is 0 Å². The topological polar surface area (TPSA) is 52.5 Å². The molecule has 0 spiro atoms. The van der Waals surface area contributed by atoms with Crippen molar-refractivity contribution in [3.8, 4) is 0 Å². The van der Waals surface area contributed by atoms with Crippen LogP contribution in [0.1, 0.15) is 0 Å². The number of allylic oxidation sites excluding steroid dienone is 1. The van der Waals surface area contributed by atoms with Crippen molar-refractivity contribution >= 4 is 8.56 Å². The van der Waals surface area contributed by atoms with Crippen LogP contribution in [0.5, 0.6) is 0 Å². The maximum atomic E-state index is 9.08. The molecule has 0 aliphatic carbocycles. The Hall–Kier alpha value is -0.163. The minimum absolute atomic E-state index is 0.305. The fourth-order valence-electron chi connectivity index (χ4n) is 0.586. The smallest absolute Gasteiger partial charge is 0.350 e. The van der Waals surface area contributed by atoms with Crippen molar-refractivity contribution in [3.05, 3.63) is 12.7 Å². The molecule has 0 bridgehead atoms. The maximum absolute atomic E-state index is 9.08. The third kappa shape index (κ3) is 4.35. The van der Waals surface area contributed by atoms with E-state index in [1.165, 1.54) is 6.08 Å². The normalized spacial score (nSPS) is 11.4. The summed E-state index contributed by atoms with van der Waals surface area (Å²) in [6.07, 6.45) is 1.84. The first kappa shape index (κ1) is 8.84. The van der Waals surface area contributed by atoms with Gasteiger partial charge in [0.05, 0.1) is 0 Å². The lowest BCUT2D eigenvalue weighted by Crippen LogP contribution is -2.44. The molecule has 0 saturated heterocycles. The van der Waals surface area contributed by atoms with Crippen LogP contribution in [0.2, 0.25) is 6.04 Å². The van der Waals surface area contributed by atoms with Crippen molar-refractivity contribution in [1.82, 2.24) is 5.32 Å². The summed E-state index contributed by atoms with van der Waals surface area (Å²) in [5, 5.41) is 2.71. The molecule has 0 saturated carbocycles. The van der Waals surface area contributed by atoms with Gasteiger partial charge in [-0.2, -0.15) is 0 Å². The monoisotopic (exact) mass is 147 g/mol. The van der Waals surface area contributed by atoms with Crippen molar-refractivity contribution in [2.24, 2.45) is 0 Å². The second-order valence-corrected chi connectivity index (χ2v) is 4.73. The SMILES string of the molecule is C=CC[Si](O)(O)CNC. The molecule has 0 unspecified atom stereocenters. The third-order valence-electron chi connectivity index (χ3n) is 0.931. The second-order valence-electron chi connectivity index (χ2n) is 2.01. The van der Waals surface area contributed by atoms with Crippen molar-refractivity contribution in [3.63, 3.8) is 0 Å². The van der Waals surface area contributed by atoms with Crippen LogP contribution in [-0.4, -0.2) is 31.4 Å². The van der Waals surface area contributed by atoms with Gasteiger partial charge in [-0.3, -0.25) is 0 Å². The largest absolute Gasteiger partial charge is 0.410 e. The van der Waals surface area contributed by atoms with Gasteiger partial charge in [0.25, 0.3) is 0 Å². The quantitative estimate of drug-likeness (QED) is 0.366. The molecule has 4 heteroatoms. The second kappa shape index (κ2) is 3.79. The average Bonchev–Trinajstić information content (AvgIpc) is 1.64. The highest BCUT2D eigenvalue weighted by Crippen LogP contribution is 1.98. The summed E-state index contributed by atoms with van der Waals surface area (Å²) >= 11 is 0. The summed E-state index contributed by atoms with van der Waals surface area (Å²) in [4.78, 5) is 18.2. The minimum atomic E-state index is -2.93. The summed E-state index contributed by atoms with van der Waals surface area (Å²) in [5.41, 5.74) is 0. The zero-order valence-electron chi connectivity index (χ0n) is 5.59. The van der Waals surface area contributed by atoms with E-state index in [4.69, 9.17) is 9.59 Å². The summed E-state index contributed by atoms with van der Waals surface area (Å²) in [5.74, 6) is 0. The van der Waals surface area contributed by atoms with Crippen LogP contribution in [0.4, 0.5) is 0 Å². The molecule has 0 rings (SSSR count). The first-order chi connectivity index (χ1) is 4.12. The van der Waals surface area contributed by atoms with Gasteiger partial charge in [0.1, 0.15) is 0 Å². The minimum Gasteiger partial charge on any atom is -0.410 e. The zero-order chi connectivity index (χ0) is 7.33. The molecular weight excluding hydrogens is 134 g/mol. The predicted molar refractivity (Wildman–Crippen MR) is 39.1 cm³/mol.